The van der Waals surface area contributed by atoms with E-state index in [1.165, 1.54) is 16.8 Å². The van der Waals surface area contributed by atoms with Crippen LogP contribution in [-0.4, -0.2) is 28.3 Å². The third-order valence-corrected chi connectivity index (χ3v) is 4.88. The smallest absolute Gasteiger partial charge is 0.178 e. The highest BCUT2D eigenvalue weighted by atomic mass is 16.1. The number of carbonyl (C=O) groups is 1. The number of aromatic nitrogens is 1. The number of benzene rings is 1. The lowest BCUT2D eigenvalue weighted by Crippen LogP contribution is -2.35. The van der Waals surface area contributed by atoms with Gasteiger partial charge in [-0.1, -0.05) is 24.3 Å². The number of fused-ring (bicyclic) bond motifs is 1. The Bertz CT molecular complexity index is 727. The van der Waals surface area contributed by atoms with Crippen LogP contribution >= 0.6 is 0 Å². The Labute approximate surface area is 138 Å². The summed E-state index contributed by atoms with van der Waals surface area (Å²) in [6, 6.07) is 11.0. The lowest BCUT2D eigenvalue weighted by molar-refractivity contribution is 0.0921. The molecule has 3 rings (SSSR count). The zero-order valence-electron chi connectivity index (χ0n) is 14.6. The van der Waals surface area contributed by atoms with Crippen molar-refractivity contribution < 1.29 is 4.79 Å². The van der Waals surface area contributed by atoms with E-state index in [2.05, 4.69) is 67.5 Å². The molecule has 0 spiro atoms. The molecule has 0 N–H and O–H groups in total. The van der Waals surface area contributed by atoms with E-state index in [-0.39, 0.29) is 5.78 Å². The Balaban J connectivity index is 1.75. The number of aryl methyl sites for hydroxylation is 1. The van der Waals surface area contributed by atoms with E-state index < -0.39 is 0 Å². The first-order valence-electron chi connectivity index (χ1n) is 8.48. The van der Waals surface area contributed by atoms with E-state index in [9.17, 15) is 4.79 Å². The normalized spacial score (nSPS) is 15.0. The first-order chi connectivity index (χ1) is 11.0. The quantitative estimate of drug-likeness (QED) is 0.800. The molecular formula is C20H26N2O. The molecular weight excluding hydrogens is 284 g/mol. The number of hydrogen-bond donors (Lipinski definition) is 0. The molecule has 0 radical (unpaired) electrons. The average Bonchev–Trinajstić information content (AvgIpc) is 2.82. The highest BCUT2D eigenvalue weighted by Gasteiger charge is 2.22. The summed E-state index contributed by atoms with van der Waals surface area (Å²) < 4.78 is 2.25. The van der Waals surface area contributed by atoms with Crippen molar-refractivity contribution in [3.8, 4) is 0 Å². The van der Waals surface area contributed by atoms with Crippen molar-refractivity contribution in [3.05, 3.63) is 58.4 Å². The van der Waals surface area contributed by atoms with Crippen molar-refractivity contribution in [1.82, 2.24) is 9.47 Å². The molecule has 0 amide bonds. The predicted octanol–water partition coefficient (Wildman–Crippen LogP) is 3.93. The van der Waals surface area contributed by atoms with Crippen molar-refractivity contribution in [3.63, 3.8) is 0 Å². The summed E-state index contributed by atoms with van der Waals surface area (Å²) in [4.78, 5) is 15.0. The molecule has 23 heavy (non-hydrogen) atoms. The second-order valence-electron chi connectivity index (χ2n) is 6.90. The molecule has 3 heteroatoms. The fraction of sp³-hybridized carbons (Fsp3) is 0.450. The number of Topliss-reactive ketones (excluding diaryl/α,β-unsaturated/α-hetero) is 1. The third kappa shape index (κ3) is 3.11. The molecule has 1 aliphatic rings. The number of ketones is 1. The number of rotatable bonds is 4. The fourth-order valence-corrected chi connectivity index (χ4v) is 3.83. The molecule has 1 aliphatic heterocycles. The predicted molar refractivity (Wildman–Crippen MR) is 94.0 cm³/mol. The maximum absolute atomic E-state index is 12.8. The molecule has 0 saturated heterocycles. The van der Waals surface area contributed by atoms with Gasteiger partial charge in [-0.15, -0.1) is 0 Å². The lowest BCUT2D eigenvalue weighted by atomic mass is 9.99. The zero-order valence-corrected chi connectivity index (χ0v) is 14.6. The molecule has 0 saturated carbocycles. The minimum Gasteiger partial charge on any atom is -0.346 e. The van der Waals surface area contributed by atoms with Crippen molar-refractivity contribution in [1.29, 1.82) is 0 Å². The van der Waals surface area contributed by atoms with Gasteiger partial charge in [-0.2, -0.15) is 0 Å². The van der Waals surface area contributed by atoms with Gasteiger partial charge in [0.15, 0.2) is 5.78 Å². The van der Waals surface area contributed by atoms with Crippen LogP contribution in [0, 0.1) is 13.8 Å². The molecule has 1 aromatic carbocycles. The van der Waals surface area contributed by atoms with E-state index in [0.717, 1.165) is 30.8 Å². The maximum Gasteiger partial charge on any atom is 0.178 e. The first-order valence-corrected chi connectivity index (χ1v) is 8.48. The summed E-state index contributed by atoms with van der Waals surface area (Å²) in [6.45, 7) is 10.8. The standard InChI is InChI=1S/C20H26N2O/c1-14(2)22-15(3)11-19(16(22)4)20(23)13-21-10-9-17-7-5-6-8-18(17)12-21/h5-8,11,14H,9-10,12-13H2,1-4H3. The van der Waals surface area contributed by atoms with Crippen LogP contribution in [0.5, 0.6) is 0 Å². The topological polar surface area (TPSA) is 25.2 Å². The Morgan fingerprint density at radius 3 is 2.52 bits per heavy atom. The Morgan fingerprint density at radius 2 is 1.87 bits per heavy atom. The summed E-state index contributed by atoms with van der Waals surface area (Å²) in [5.41, 5.74) is 5.94. The fourth-order valence-electron chi connectivity index (χ4n) is 3.83. The van der Waals surface area contributed by atoms with Gasteiger partial charge in [0.05, 0.1) is 6.54 Å². The van der Waals surface area contributed by atoms with Crippen LogP contribution in [0.4, 0.5) is 0 Å². The molecule has 2 aromatic rings. The van der Waals surface area contributed by atoms with Crippen LogP contribution in [0.1, 0.15) is 52.8 Å². The van der Waals surface area contributed by atoms with Gasteiger partial charge < -0.3 is 4.57 Å². The van der Waals surface area contributed by atoms with Crippen molar-refractivity contribution in [2.24, 2.45) is 0 Å². The number of nitrogens with zero attached hydrogens (tertiary/aromatic N) is 2. The summed E-state index contributed by atoms with van der Waals surface area (Å²) in [6.07, 6.45) is 1.04. The summed E-state index contributed by atoms with van der Waals surface area (Å²) in [7, 11) is 0. The first kappa shape index (κ1) is 16.0. The number of hydrogen-bond acceptors (Lipinski definition) is 2. The van der Waals surface area contributed by atoms with Crippen LogP contribution in [0.15, 0.2) is 30.3 Å². The van der Waals surface area contributed by atoms with E-state index in [4.69, 9.17) is 0 Å². The second kappa shape index (κ2) is 6.32. The minimum atomic E-state index is 0.240. The van der Waals surface area contributed by atoms with Crippen LogP contribution in [-0.2, 0) is 13.0 Å². The molecule has 122 valence electrons. The van der Waals surface area contributed by atoms with E-state index in [1.54, 1.807) is 0 Å². The number of carbonyl (C=O) groups excluding carboxylic acids is 1. The highest BCUT2D eigenvalue weighted by Crippen LogP contribution is 2.22. The summed E-state index contributed by atoms with van der Waals surface area (Å²) in [5, 5.41) is 0. The van der Waals surface area contributed by atoms with Crippen LogP contribution in [0.3, 0.4) is 0 Å². The largest absolute Gasteiger partial charge is 0.346 e. The van der Waals surface area contributed by atoms with Gasteiger partial charge in [-0.3, -0.25) is 9.69 Å². The summed E-state index contributed by atoms with van der Waals surface area (Å²) >= 11 is 0. The molecule has 3 nitrogen and oxygen atoms in total. The third-order valence-electron chi connectivity index (χ3n) is 4.88. The van der Waals surface area contributed by atoms with E-state index >= 15 is 0 Å². The molecule has 0 atom stereocenters. The molecule has 1 aromatic heterocycles. The molecule has 0 aliphatic carbocycles. The van der Waals surface area contributed by atoms with E-state index in [1.807, 2.05) is 0 Å². The molecule has 0 fully saturated rings. The molecule has 0 bridgehead atoms. The monoisotopic (exact) mass is 310 g/mol. The molecule has 0 unspecified atom stereocenters. The van der Waals surface area contributed by atoms with Crippen LogP contribution < -0.4 is 0 Å². The Kier molecular flexibility index (Phi) is 4.40. The van der Waals surface area contributed by atoms with E-state index in [0.29, 0.717) is 12.6 Å². The lowest BCUT2D eigenvalue weighted by Gasteiger charge is -2.28. The molecule has 2 heterocycles. The van der Waals surface area contributed by atoms with Crippen LogP contribution in [0.25, 0.3) is 0 Å². The van der Waals surface area contributed by atoms with Gasteiger partial charge in [0.2, 0.25) is 0 Å². The van der Waals surface area contributed by atoms with Gasteiger partial charge in [0.1, 0.15) is 0 Å². The Morgan fingerprint density at radius 1 is 1.17 bits per heavy atom. The van der Waals surface area contributed by atoms with Gasteiger partial charge in [0.25, 0.3) is 0 Å². The second-order valence-corrected chi connectivity index (χ2v) is 6.90. The van der Waals surface area contributed by atoms with Gasteiger partial charge >= 0.3 is 0 Å². The Hall–Kier alpha value is -1.87. The van der Waals surface area contributed by atoms with Gasteiger partial charge in [-0.05, 0) is 51.3 Å². The summed E-state index contributed by atoms with van der Waals surface area (Å²) in [5.74, 6) is 0.240. The maximum atomic E-state index is 12.8. The average molecular weight is 310 g/mol. The van der Waals surface area contributed by atoms with Crippen molar-refractivity contribution in [2.45, 2.75) is 46.7 Å². The van der Waals surface area contributed by atoms with Crippen molar-refractivity contribution in [2.75, 3.05) is 13.1 Å². The van der Waals surface area contributed by atoms with Gasteiger partial charge in [-0.25, -0.2) is 0 Å². The zero-order chi connectivity index (χ0) is 16.6. The van der Waals surface area contributed by atoms with Crippen molar-refractivity contribution >= 4 is 5.78 Å². The highest BCUT2D eigenvalue weighted by molar-refractivity contribution is 5.99. The minimum absolute atomic E-state index is 0.240. The van der Waals surface area contributed by atoms with Crippen LogP contribution in [0.2, 0.25) is 0 Å². The SMILES string of the molecule is Cc1cc(C(=O)CN2CCc3ccccc3C2)c(C)n1C(C)C. The van der Waals surface area contributed by atoms with Gasteiger partial charge in [0, 0.05) is 36.1 Å².